The Morgan fingerprint density at radius 1 is 1.26 bits per heavy atom. The molecule has 6 heteroatoms. The summed E-state index contributed by atoms with van der Waals surface area (Å²) in [5.74, 6) is 1.19. The lowest BCUT2D eigenvalue weighted by atomic mass is 10.1. The lowest BCUT2D eigenvalue weighted by molar-refractivity contribution is 0.407. The fourth-order valence-corrected chi connectivity index (χ4v) is 2.87. The molecule has 0 spiro atoms. The van der Waals surface area contributed by atoms with E-state index in [1.807, 2.05) is 35.8 Å². The van der Waals surface area contributed by atoms with Crippen LogP contribution in [0, 0.1) is 0 Å². The Labute approximate surface area is 138 Å². The second kappa shape index (κ2) is 7.80. The maximum atomic E-state index is 5.59. The van der Waals surface area contributed by atoms with Crippen LogP contribution in [-0.2, 0) is 0 Å². The highest BCUT2D eigenvalue weighted by Gasteiger charge is 2.13. The van der Waals surface area contributed by atoms with Gasteiger partial charge in [-0.15, -0.1) is 11.3 Å². The zero-order valence-corrected chi connectivity index (χ0v) is 13.5. The van der Waals surface area contributed by atoms with Crippen LogP contribution in [0.4, 0.5) is 0 Å². The van der Waals surface area contributed by atoms with Crippen LogP contribution >= 0.6 is 11.3 Å². The smallest absolute Gasteiger partial charge is 0.254 e. The highest BCUT2D eigenvalue weighted by Crippen LogP contribution is 2.26. The Morgan fingerprint density at radius 2 is 2.22 bits per heavy atom. The van der Waals surface area contributed by atoms with E-state index in [-0.39, 0.29) is 0 Å². The van der Waals surface area contributed by atoms with Crippen molar-refractivity contribution in [3.63, 3.8) is 0 Å². The Kier molecular flexibility index (Phi) is 5.29. The number of nitrogens with zero attached hydrogens (tertiary/aromatic N) is 3. The van der Waals surface area contributed by atoms with Gasteiger partial charge in [-0.05, 0) is 55.0 Å². The van der Waals surface area contributed by atoms with Gasteiger partial charge in [0, 0.05) is 18.0 Å². The number of aromatic nitrogens is 3. The summed E-state index contributed by atoms with van der Waals surface area (Å²) < 4.78 is 5.48. The lowest BCUT2D eigenvalue weighted by Gasteiger charge is -2.02. The summed E-state index contributed by atoms with van der Waals surface area (Å²) in [6.45, 7) is 0.685. The molecule has 0 fully saturated rings. The third-order valence-corrected chi connectivity index (χ3v) is 4.23. The zero-order valence-electron chi connectivity index (χ0n) is 12.7. The highest BCUT2D eigenvalue weighted by molar-refractivity contribution is 7.13. The van der Waals surface area contributed by atoms with Crippen molar-refractivity contribution in [1.82, 2.24) is 15.1 Å². The predicted molar refractivity (Wildman–Crippen MR) is 92.6 cm³/mol. The van der Waals surface area contributed by atoms with Crippen LogP contribution in [0.1, 0.15) is 30.7 Å². The fourth-order valence-electron chi connectivity index (χ4n) is 2.22. The van der Waals surface area contributed by atoms with Gasteiger partial charge in [-0.3, -0.25) is 4.98 Å². The number of unbranched alkanes of at least 4 members (excludes halogenated alkanes) is 1. The lowest BCUT2D eigenvalue weighted by Crippen LogP contribution is -1.98. The first-order valence-electron chi connectivity index (χ1n) is 7.55. The van der Waals surface area contributed by atoms with Crippen LogP contribution in [-0.4, -0.2) is 21.7 Å². The summed E-state index contributed by atoms with van der Waals surface area (Å²) in [5, 5.41) is 6.09. The molecular formula is C17H18N4OS. The van der Waals surface area contributed by atoms with Gasteiger partial charge in [0.25, 0.3) is 5.89 Å². The van der Waals surface area contributed by atoms with E-state index in [1.54, 1.807) is 17.5 Å². The molecule has 0 bridgehead atoms. The third kappa shape index (κ3) is 4.12. The van der Waals surface area contributed by atoms with Crippen LogP contribution in [0.3, 0.4) is 0 Å². The maximum Gasteiger partial charge on any atom is 0.254 e. The number of hydrogen-bond acceptors (Lipinski definition) is 6. The van der Waals surface area contributed by atoms with Gasteiger partial charge in [0.05, 0.1) is 4.88 Å². The van der Waals surface area contributed by atoms with E-state index in [4.69, 9.17) is 10.3 Å². The second-order valence-corrected chi connectivity index (χ2v) is 6.05. The molecular weight excluding hydrogens is 308 g/mol. The second-order valence-electron chi connectivity index (χ2n) is 5.10. The van der Waals surface area contributed by atoms with E-state index < -0.39 is 0 Å². The van der Waals surface area contributed by atoms with E-state index in [1.165, 1.54) is 0 Å². The van der Waals surface area contributed by atoms with Crippen LogP contribution in [0.15, 0.2) is 46.6 Å². The molecule has 3 aromatic heterocycles. The SMILES string of the molecule is NCCCC/C(=C\c1cccnc1)c1nc(-c2cccs2)no1. The van der Waals surface area contributed by atoms with E-state index in [2.05, 4.69) is 21.2 Å². The largest absolute Gasteiger partial charge is 0.334 e. The average Bonchev–Trinajstić information content (AvgIpc) is 3.26. The van der Waals surface area contributed by atoms with Crippen molar-refractivity contribution < 1.29 is 4.52 Å². The number of thiophene rings is 1. The highest BCUT2D eigenvalue weighted by atomic mass is 32.1. The standard InChI is InChI=1S/C17H18N4OS/c18-8-2-1-6-14(11-13-5-3-9-19-12-13)17-20-16(21-22-17)15-7-4-10-23-15/h3-5,7,9-12H,1-2,6,8,18H2/b14-11+. The van der Waals surface area contributed by atoms with Crippen molar-refractivity contribution in [3.8, 4) is 10.7 Å². The molecule has 5 nitrogen and oxygen atoms in total. The van der Waals surface area contributed by atoms with Crippen molar-refractivity contribution in [1.29, 1.82) is 0 Å². The van der Waals surface area contributed by atoms with Gasteiger partial charge < -0.3 is 10.3 Å². The predicted octanol–water partition coefficient (Wildman–Crippen LogP) is 3.86. The fraction of sp³-hybridized carbons (Fsp3) is 0.235. The molecule has 0 saturated heterocycles. The van der Waals surface area contributed by atoms with Gasteiger partial charge in [0.1, 0.15) is 0 Å². The molecule has 0 unspecified atom stereocenters. The Hall–Kier alpha value is -2.31. The van der Waals surface area contributed by atoms with E-state index >= 15 is 0 Å². The summed E-state index contributed by atoms with van der Waals surface area (Å²) in [6.07, 6.45) is 8.43. The van der Waals surface area contributed by atoms with E-state index in [0.717, 1.165) is 35.3 Å². The van der Waals surface area contributed by atoms with Gasteiger partial charge in [-0.1, -0.05) is 17.3 Å². The third-order valence-electron chi connectivity index (χ3n) is 3.37. The van der Waals surface area contributed by atoms with E-state index in [0.29, 0.717) is 18.3 Å². The number of hydrogen-bond donors (Lipinski definition) is 1. The molecule has 0 atom stereocenters. The first-order valence-corrected chi connectivity index (χ1v) is 8.43. The Bertz CT molecular complexity index is 750. The number of rotatable bonds is 7. The molecule has 3 rings (SSSR count). The summed E-state index contributed by atoms with van der Waals surface area (Å²) in [6, 6.07) is 7.88. The first-order chi connectivity index (χ1) is 11.4. The monoisotopic (exact) mass is 326 g/mol. The summed E-state index contributed by atoms with van der Waals surface area (Å²) in [4.78, 5) is 9.69. The molecule has 0 aromatic carbocycles. The van der Waals surface area contributed by atoms with Gasteiger partial charge in [-0.2, -0.15) is 4.98 Å². The maximum absolute atomic E-state index is 5.59. The minimum absolute atomic E-state index is 0.564. The topological polar surface area (TPSA) is 77.8 Å². The number of allylic oxidation sites excluding steroid dienone is 1. The van der Waals surface area contributed by atoms with Gasteiger partial charge >= 0.3 is 0 Å². The molecule has 118 valence electrons. The molecule has 3 heterocycles. The normalized spacial score (nSPS) is 11.8. The molecule has 0 radical (unpaired) electrons. The van der Waals surface area contributed by atoms with Crippen LogP contribution in [0.25, 0.3) is 22.4 Å². The molecule has 2 N–H and O–H groups in total. The number of nitrogens with two attached hydrogens (primary N) is 1. The zero-order chi connectivity index (χ0) is 15.9. The van der Waals surface area contributed by atoms with Gasteiger partial charge in [-0.25, -0.2) is 0 Å². The van der Waals surface area contributed by atoms with Crippen molar-refractivity contribution in [2.24, 2.45) is 5.73 Å². The van der Waals surface area contributed by atoms with E-state index in [9.17, 15) is 0 Å². The molecule has 0 aliphatic carbocycles. The molecule has 3 aromatic rings. The van der Waals surface area contributed by atoms with Crippen LogP contribution in [0.5, 0.6) is 0 Å². The minimum atomic E-state index is 0.564. The van der Waals surface area contributed by atoms with Gasteiger partial charge in [0.15, 0.2) is 0 Å². The minimum Gasteiger partial charge on any atom is -0.334 e. The molecule has 0 amide bonds. The number of pyridine rings is 1. The van der Waals surface area contributed by atoms with Crippen molar-refractivity contribution in [2.75, 3.05) is 6.54 Å². The van der Waals surface area contributed by atoms with Gasteiger partial charge in [0.2, 0.25) is 5.82 Å². The summed E-state index contributed by atoms with van der Waals surface area (Å²) >= 11 is 1.60. The van der Waals surface area contributed by atoms with Crippen LogP contribution in [0.2, 0.25) is 0 Å². The van der Waals surface area contributed by atoms with Crippen LogP contribution < -0.4 is 5.73 Å². The molecule has 0 aliphatic heterocycles. The molecule has 23 heavy (non-hydrogen) atoms. The Morgan fingerprint density at radius 3 is 2.96 bits per heavy atom. The van der Waals surface area contributed by atoms with Crippen molar-refractivity contribution >= 4 is 23.0 Å². The summed E-state index contributed by atoms with van der Waals surface area (Å²) in [7, 11) is 0. The Balaban J connectivity index is 1.87. The first kappa shape index (κ1) is 15.6. The van der Waals surface area contributed by atoms with Crippen molar-refractivity contribution in [2.45, 2.75) is 19.3 Å². The van der Waals surface area contributed by atoms with Crippen molar-refractivity contribution in [3.05, 3.63) is 53.5 Å². The summed E-state index contributed by atoms with van der Waals surface area (Å²) in [5.41, 5.74) is 7.63. The average molecular weight is 326 g/mol. The molecule has 0 aliphatic rings. The molecule has 0 saturated carbocycles. The quantitative estimate of drug-likeness (QED) is 0.667.